The first-order valence-corrected chi connectivity index (χ1v) is 18.2. The van der Waals surface area contributed by atoms with Gasteiger partial charge in [-0.3, -0.25) is 29.5 Å². The number of rotatable bonds is 18. The summed E-state index contributed by atoms with van der Waals surface area (Å²) in [5.74, 6) is 0.623. The summed E-state index contributed by atoms with van der Waals surface area (Å²) < 4.78 is 23.3. The van der Waals surface area contributed by atoms with Crippen molar-refractivity contribution in [3.63, 3.8) is 0 Å². The number of piperidine rings is 1. The molecule has 3 aliphatic heterocycles. The van der Waals surface area contributed by atoms with Crippen LogP contribution in [0.5, 0.6) is 5.75 Å². The Labute approximate surface area is 290 Å². The molecule has 3 amide bonds. The second kappa shape index (κ2) is 18.1. The number of imide groups is 1. The molecule has 11 heteroatoms. The Hall–Kier alpha value is -3.35. The van der Waals surface area contributed by atoms with E-state index in [4.69, 9.17) is 18.9 Å². The van der Waals surface area contributed by atoms with Crippen LogP contribution in [0, 0.1) is 5.92 Å². The van der Waals surface area contributed by atoms with Crippen LogP contribution in [0.25, 0.3) is 0 Å². The Bertz CT molecular complexity index is 1390. The normalized spacial score (nSPS) is 20.6. The van der Waals surface area contributed by atoms with Crippen LogP contribution in [0.15, 0.2) is 42.5 Å². The molecule has 0 aromatic heterocycles. The van der Waals surface area contributed by atoms with Gasteiger partial charge in [0.2, 0.25) is 11.8 Å². The largest absolute Gasteiger partial charge is 0.489 e. The van der Waals surface area contributed by atoms with Gasteiger partial charge < -0.3 is 23.8 Å². The highest BCUT2D eigenvalue weighted by atomic mass is 16.5. The van der Waals surface area contributed by atoms with E-state index in [-0.39, 0.29) is 18.2 Å². The van der Waals surface area contributed by atoms with Crippen LogP contribution in [0.2, 0.25) is 0 Å². The zero-order valence-electron chi connectivity index (χ0n) is 28.7. The van der Waals surface area contributed by atoms with Crippen molar-refractivity contribution in [1.29, 1.82) is 0 Å². The number of hydrogen-bond acceptors (Lipinski definition) is 9. The molecule has 49 heavy (non-hydrogen) atoms. The minimum Gasteiger partial charge on any atom is -0.489 e. The molecule has 1 saturated carbocycles. The maximum absolute atomic E-state index is 13.1. The van der Waals surface area contributed by atoms with E-state index in [2.05, 4.69) is 39.4 Å². The molecule has 1 atom stereocenters. The number of piperazine rings is 1. The molecular weight excluding hydrogens is 624 g/mol. The summed E-state index contributed by atoms with van der Waals surface area (Å²) in [6.07, 6.45) is 7.31. The van der Waals surface area contributed by atoms with Crippen molar-refractivity contribution in [1.82, 2.24) is 20.0 Å². The van der Waals surface area contributed by atoms with Crippen molar-refractivity contribution in [2.24, 2.45) is 5.92 Å². The topological polar surface area (TPSA) is 110 Å². The molecular formula is C38H52N4O7. The molecule has 0 bridgehead atoms. The molecule has 3 fully saturated rings. The second-order valence-electron chi connectivity index (χ2n) is 13.7. The van der Waals surface area contributed by atoms with Gasteiger partial charge in [0.1, 0.15) is 18.4 Å². The van der Waals surface area contributed by atoms with E-state index in [1.807, 2.05) is 12.1 Å². The van der Waals surface area contributed by atoms with Crippen molar-refractivity contribution < 1.29 is 33.3 Å². The van der Waals surface area contributed by atoms with Crippen LogP contribution in [0.4, 0.5) is 0 Å². The van der Waals surface area contributed by atoms with Crippen LogP contribution in [-0.4, -0.2) is 111 Å². The van der Waals surface area contributed by atoms with Crippen molar-refractivity contribution in [3.05, 3.63) is 64.7 Å². The van der Waals surface area contributed by atoms with Gasteiger partial charge in [-0.15, -0.1) is 0 Å². The highest BCUT2D eigenvalue weighted by molar-refractivity contribution is 6.05. The first-order valence-electron chi connectivity index (χ1n) is 18.2. The molecule has 2 aromatic rings. The fourth-order valence-electron chi connectivity index (χ4n) is 7.31. The minimum absolute atomic E-state index is 0.199. The fraction of sp³-hybridized carbons (Fsp3) is 0.605. The smallest absolute Gasteiger partial charge is 0.255 e. The first-order chi connectivity index (χ1) is 24.0. The number of ether oxygens (including phenoxy) is 4. The summed E-state index contributed by atoms with van der Waals surface area (Å²) in [6, 6.07) is 13.3. The van der Waals surface area contributed by atoms with Crippen LogP contribution in [0.3, 0.4) is 0 Å². The van der Waals surface area contributed by atoms with Gasteiger partial charge >= 0.3 is 0 Å². The van der Waals surface area contributed by atoms with Crippen molar-refractivity contribution in [2.75, 3.05) is 72.4 Å². The van der Waals surface area contributed by atoms with Crippen LogP contribution >= 0.6 is 0 Å². The third kappa shape index (κ3) is 10.1. The summed E-state index contributed by atoms with van der Waals surface area (Å²) in [7, 11) is 0. The van der Waals surface area contributed by atoms with Gasteiger partial charge in [-0.1, -0.05) is 56.0 Å². The molecule has 2 saturated heterocycles. The predicted octanol–water partition coefficient (Wildman–Crippen LogP) is 3.77. The monoisotopic (exact) mass is 676 g/mol. The minimum atomic E-state index is -0.642. The summed E-state index contributed by atoms with van der Waals surface area (Å²) in [5, 5.41) is 2.35. The molecule has 1 N–H and O–H groups in total. The second-order valence-corrected chi connectivity index (χ2v) is 13.7. The summed E-state index contributed by atoms with van der Waals surface area (Å²) in [4.78, 5) is 43.6. The van der Waals surface area contributed by atoms with Crippen LogP contribution in [-0.2, 0) is 43.5 Å². The molecule has 266 valence electrons. The van der Waals surface area contributed by atoms with Gasteiger partial charge in [-0.05, 0) is 42.0 Å². The number of fused-ring (bicyclic) bond motifs is 1. The van der Waals surface area contributed by atoms with Gasteiger partial charge in [-0.2, -0.15) is 0 Å². The van der Waals surface area contributed by atoms with Gasteiger partial charge in [-0.25, -0.2) is 0 Å². The number of hydrogen-bond donors (Lipinski definition) is 1. The van der Waals surface area contributed by atoms with E-state index in [0.29, 0.717) is 57.3 Å². The lowest BCUT2D eigenvalue weighted by Crippen LogP contribution is -2.52. The quantitative estimate of drug-likeness (QED) is 0.187. The van der Waals surface area contributed by atoms with Gasteiger partial charge in [0.15, 0.2) is 0 Å². The summed E-state index contributed by atoms with van der Waals surface area (Å²) in [5.41, 5.74) is 3.65. The number of nitrogens with one attached hydrogen (secondary N) is 1. The van der Waals surface area contributed by atoms with Gasteiger partial charge in [0.05, 0.1) is 39.6 Å². The van der Waals surface area contributed by atoms with E-state index in [0.717, 1.165) is 69.5 Å². The van der Waals surface area contributed by atoms with E-state index < -0.39 is 11.9 Å². The number of amides is 3. The Morgan fingerprint density at radius 1 is 0.735 bits per heavy atom. The van der Waals surface area contributed by atoms with E-state index >= 15 is 0 Å². The zero-order valence-corrected chi connectivity index (χ0v) is 28.7. The molecule has 11 nitrogen and oxygen atoms in total. The number of carbonyl (C=O) groups excluding carboxylic acids is 3. The Morgan fingerprint density at radius 3 is 2.14 bits per heavy atom. The molecule has 3 heterocycles. The molecule has 0 spiro atoms. The predicted molar refractivity (Wildman–Crippen MR) is 184 cm³/mol. The average Bonchev–Trinajstić information content (AvgIpc) is 3.76. The highest BCUT2D eigenvalue weighted by Crippen LogP contribution is 2.34. The molecule has 1 unspecified atom stereocenters. The molecule has 4 aliphatic rings. The van der Waals surface area contributed by atoms with Crippen LogP contribution in [0.1, 0.15) is 72.0 Å². The van der Waals surface area contributed by atoms with Gasteiger partial charge in [0.25, 0.3) is 5.91 Å². The molecule has 0 radical (unpaired) electrons. The SMILES string of the molecule is O=C1CCC(N2Cc3c(OCc4ccc(CN5CCN(CCOCCOCCOCCC6CCCC6)CC5)cc4)cccc3C2=O)C(=O)N1. The number of benzene rings is 2. The lowest BCUT2D eigenvalue weighted by atomic mass is 10.0. The van der Waals surface area contributed by atoms with E-state index in [1.165, 1.54) is 37.7 Å². The highest BCUT2D eigenvalue weighted by Gasteiger charge is 2.40. The van der Waals surface area contributed by atoms with Crippen molar-refractivity contribution in [3.8, 4) is 5.75 Å². The lowest BCUT2D eigenvalue weighted by Gasteiger charge is -2.34. The molecule has 6 rings (SSSR count). The number of carbonyl (C=O) groups is 3. The van der Waals surface area contributed by atoms with Crippen molar-refractivity contribution in [2.45, 2.75) is 70.7 Å². The average molecular weight is 677 g/mol. The molecule has 2 aromatic carbocycles. The summed E-state index contributed by atoms with van der Waals surface area (Å²) in [6.45, 7) is 10.8. The Morgan fingerprint density at radius 2 is 1.41 bits per heavy atom. The maximum atomic E-state index is 13.1. The fourth-order valence-corrected chi connectivity index (χ4v) is 7.31. The van der Waals surface area contributed by atoms with Gasteiger partial charge in [0, 0.05) is 63.4 Å². The number of nitrogens with zero attached hydrogens (tertiary/aromatic N) is 3. The van der Waals surface area contributed by atoms with E-state index in [1.54, 1.807) is 11.0 Å². The molecule has 1 aliphatic carbocycles. The van der Waals surface area contributed by atoms with Crippen molar-refractivity contribution >= 4 is 17.7 Å². The third-order valence-electron chi connectivity index (χ3n) is 10.3. The van der Waals surface area contributed by atoms with E-state index in [9.17, 15) is 14.4 Å². The maximum Gasteiger partial charge on any atom is 0.255 e. The Balaban J connectivity index is 0.828. The lowest BCUT2D eigenvalue weighted by molar-refractivity contribution is -0.136. The zero-order chi connectivity index (χ0) is 33.8. The first kappa shape index (κ1) is 35.5. The summed E-state index contributed by atoms with van der Waals surface area (Å²) >= 11 is 0. The van der Waals surface area contributed by atoms with Crippen LogP contribution < -0.4 is 10.1 Å². The Kier molecular flexibility index (Phi) is 13.1. The third-order valence-corrected chi connectivity index (χ3v) is 10.3. The standard InChI is InChI=1S/C38H52N4O7/c43-36-13-12-34(37(44)39-36)42-27-33-32(38(42)45)6-3-7-35(33)49-28-31-10-8-30(9-11-31)26-41-17-15-40(16-18-41)19-21-47-23-25-48-24-22-46-20-14-29-4-1-2-5-29/h3,6-11,29,34H,1-2,4-5,12-28H2,(H,39,43,44).